The summed E-state index contributed by atoms with van der Waals surface area (Å²) in [6.45, 7) is 11.3. The van der Waals surface area contributed by atoms with Gasteiger partial charge in [0, 0.05) is 12.6 Å². The quantitative estimate of drug-likeness (QED) is 0.729. The van der Waals surface area contributed by atoms with Gasteiger partial charge in [-0.25, -0.2) is 0 Å². The molecule has 1 heterocycles. The fourth-order valence-electron chi connectivity index (χ4n) is 3.05. The molecular weight excluding hydrogens is 254 g/mol. The van der Waals surface area contributed by atoms with Crippen LogP contribution < -0.4 is 0 Å². The lowest BCUT2D eigenvalue weighted by molar-refractivity contribution is -0.148. The molecule has 0 radical (unpaired) electrons. The Morgan fingerprint density at radius 2 is 1.85 bits per heavy atom. The third kappa shape index (κ3) is 3.97. The molecule has 1 amide bonds. The van der Waals surface area contributed by atoms with Crippen molar-refractivity contribution >= 4 is 11.9 Å². The van der Waals surface area contributed by atoms with Crippen molar-refractivity contribution in [3.8, 4) is 0 Å². The predicted octanol–water partition coefficient (Wildman–Crippen LogP) is 2.71. The molecule has 0 bridgehead atoms. The van der Waals surface area contributed by atoms with Gasteiger partial charge in [0.2, 0.25) is 5.91 Å². The minimum absolute atomic E-state index is 0.119. The average molecular weight is 283 g/mol. The van der Waals surface area contributed by atoms with Gasteiger partial charge < -0.3 is 9.64 Å². The molecule has 1 rings (SSSR count). The van der Waals surface area contributed by atoms with Crippen LogP contribution in [0.5, 0.6) is 0 Å². The normalized spacial score (nSPS) is 24.3. The van der Waals surface area contributed by atoms with Gasteiger partial charge >= 0.3 is 5.97 Å². The third-order valence-corrected chi connectivity index (χ3v) is 4.34. The molecule has 0 saturated carbocycles. The molecule has 3 atom stereocenters. The molecule has 0 unspecified atom stereocenters. The Morgan fingerprint density at radius 3 is 2.30 bits per heavy atom. The minimum Gasteiger partial charge on any atom is -0.469 e. The van der Waals surface area contributed by atoms with Crippen molar-refractivity contribution < 1.29 is 14.3 Å². The zero-order valence-electron chi connectivity index (χ0n) is 13.7. The highest BCUT2D eigenvalue weighted by Gasteiger charge is 2.39. The zero-order valence-corrected chi connectivity index (χ0v) is 13.7. The highest BCUT2D eigenvalue weighted by molar-refractivity contribution is 5.84. The van der Waals surface area contributed by atoms with Crippen molar-refractivity contribution in [3.05, 3.63) is 0 Å². The van der Waals surface area contributed by atoms with Gasteiger partial charge in [-0.05, 0) is 24.2 Å². The molecule has 4 nitrogen and oxygen atoms in total. The summed E-state index contributed by atoms with van der Waals surface area (Å²) in [5, 5.41) is 0. The van der Waals surface area contributed by atoms with Crippen LogP contribution in [0.15, 0.2) is 0 Å². The van der Waals surface area contributed by atoms with Crippen LogP contribution in [0.1, 0.15) is 47.5 Å². The Bertz CT molecular complexity index is 352. The highest BCUT2D eigenvalue weighted by atomic mass is 16.5. The predicted molar refractivity (Wildman–Crippen MR) is 79.1 cm³/mol. The first-order valence-electron chi connectivity index (χ1n) is 7.65. The number of ether oxygens (including phenoxy) is 1. The van der Waals surface area contributed by atoms with Crippen LogP contribution in [0.4, 0.5) is 0 Å². The van der Waals surface area contributed by atoms with Crippen molar-refractivity contribution in [2.45, 2.75) is 53.5 Å². The summed E-state index contributed by atoms with van der Waals surface area (Å²) in [4.78, 5) is 26.4. The number of hydrogen-bond acceptors (Lipinski definition) is 3. The van der Waals surface area contributed by atoms with Gasteiger partial charge in [-0.1, -0.05) is 34.6 Å². The van der Waals surface area contributed by atoms with Crippen LogP contribution in [0.2, 0.25) is 0 Å². The smallest absolute Gasteiger partial charge is 0.306 e. The highest BCUT2D eigenvalue weighted by Crippen LogP contribution is 2.31. The van der Waals surface area contributed by atoms with E-state index in [-0.39, 0.29) is 30.1 Å². The van der Waals surface area contributed by atoms with Crippen LogP contribution in [0.3, 0.4) is 0 Å². The molecule has 0 aromatic carbocycles. The first kappa shape index (κ1) is 17.0. The number of esters is 1. The van der Waals surface area contributed by atoms with E-state index in [9.17, 15) is 9.59 Å². The van der Waals surface area contributed by atoms with Crippen molar-refractivity contribution in [2.24, 2.45) is 23.7 Å². The van der Waals surface area contributed by atoms with Gasteiger partial charge in [0.05, 0.1) is 19.4 Å². The Kier molecular flexibility index (Phi) is 6.03. The number of amides is 1. The second-order valence-corrected chi connectivity index (χ2v) is 6.77. The topological polar surface area (TPSA) is 46.6 Å². The molecule has 1 aliphatic rings. The lowest BCUT2D eigenvalue weighted by atomic mass is 9.90. The van der Waals surface area contributed by atoms with Gasteiger partial charge in [-0.2, -0.15) is 0 Å². The van der Waals surface area contributed by atoms with Gasteiger partial charge in [-0.15, -0.1) is 0 Å². The van der Waals surface area contributed by atoms with E-state index in [0.717, 1.165) is 13.0 Å². The molecule has 1 aliphatic heterocycles. The zero-order chi connectivity index (χ0) is 15.4. The second-order valence-electron chi connectivity index (χ2n) is 6.77. The van der Waals surface area contributed by atoms with E-state index in [2.05, 4.69) is 20.8 Å². The molecule has 0 aromatic heterocycles. The minimum atomic E-state index is -0.301. The molecular formula is C16H29NO3. The van der Waals surface area contributed by atoms with Crippen LogP contribution in [-0.2, 0) is 14.3 Å². The van der Waals surface area contributed by atoms with E-state index in [0.29, 0.717) is 17.9 Å². The van der Waals surface area contributed by atoms with Crippen LogP contribution in [0.25, 0.3) is 0 Å². The monoisotopic (exact) mass is 283 g/mol. The van der Waals surface area contributed by atoms with E-state index in [1.54, 1.807) is 0 Å². The molecule has 1 fully saturated rings. The lowest BCUT2D eigenvalue weighted by Gasteiger charge is -2.32. The Hall–Kier alpha value is -1.06. The maximum atomic E-state index is 12.8. The van der Waals surface area contributed by atoms with Gasteiger partial charge in [-0.3, -0.25) is 9.59 Å². The first-order chi connectivity index (χ1) is 9.27. The molecule has 4 heteroatoms. The molecule has 20 heavy (non-hydrogen) atoms. The third-order valence-electron chi connectivity index (χ3n) is 4.34. The summed E-state index contributed by atoms with van der Waals surface area (Å²) < 4.78 is 4.73. The van der Waals surface area contributed by atoms with Crippen molar-refractivity contribution in [1.82, 2.24) is 4.90 Å². The average Bonchev–Trinajstić information content (AvgIpc) is 2.76. The molecule has 1 saturated heterocycles. The van der Waals surface area contributed by atoms with Crippen LogP contribution in [-0.4, -0.2) is 36.5 Å². The standard InChI is InChI=1S/C16H29NO3/c1-10(2)13(8-15(18)20-6)16(19)17-9-12(5)7-14(17)11(3)4/h10-14H,7-9H2,1-6H3/t12-,13+,14+/m1/s1. The fraction of sp³-hybridized carbons (Fsp3) is 0.875. The largest absolute Gasteiger partial charge is 0.469 e. The summed E-state index contributed by atoms with van der Waals surface area (Å²) >= 11 is 0. The van der Waals surface area contributed by atoms with E-state index in [4.69, 9.17) is 4.74 Å². The number of rotatable bonds is 5. The molecule has 0 aliphatic carbocycles. The number of likely N-dealkylation sites (tertiary alicyclic amines) is 1. The van der Waals surface area contributed by atoms with E-state index in [1.807, 2.05) is 18.7 Å². The number of hydrogen-bond donors (Lipinski definition) is 0. The Balaban J connectivity index is 2.85. The summed E-state index contributed by atoms with van der Waals surface area (Å²) in [5.41, 5.74) is 0. The van der Waals surface area contributed by atoms with E-state index in [1.165, 1.54) is 7.11 Å². The summed E-state index contributed by atoms with van der Waals surface area (Å²) in [7, 11) is 1.37. The van der Waals surface area contributed by atoms with Crippen molar-refractivity contribution in [2.75, 3.05) is 13.7 Å². The number of carbonyl (C=O) groups is 2. The number of carbonyl (C=O) groups excluding carboxylic acids is 2. The Labute approximate surface area is 122 Å². The maximum Gasteiger partial charge on any atom is 0.306 e. The van der Waals surface area contributed by atoms with E-state index >= 15 is 0 Å². The lowest BCUT2D eigenvalue weighted by Crippen LogP contribution is -2.44. The van der Waals surface area contributed by atoms with Gasteiger partial charge in [0.15, 0.2) is 0 Å². The van der Waals surface area contributed by atoms with E-state index < -0.39 is 0 Å². The summed E-state index contributed by atoms with van der Waals surface area (Å²) in [6.07, 6.45) is 1.25. The first-order valence-corrected chi connectivity index (χ1v) is 7.65. The summed E-state index contributed by atoms with van der Waals surface area (Å²) in [6, 6.07) is 0.302. The second kappa shape index (κ2) is 7.09. The van der Waals surface area contributed by atoms with Crippen molar-refractivity contribution in [3.63, 3.8) is 0 Å². The van der Waals surface area contributed by atoms with Gasteiger partial charge in [0.25, 0.3) is 0 Å². The SMILES string of the molecule is COC(=O)C[C@H](C(=O)N1C[C@H](C)C[C@H]1C(C)C)C(C)C. The molecule has 0 N–H and O–H groups in total. The number of methoxy groups -OCH3 is 1. The van der Waals surface area contributed by atoms with Crippen LogP contribution in [0, 0.1) is 23.7 Å². The van der Waals surface area contributed by atoms with Crippen molar-refractivity contribution in [1.29, 1.82) is 0 Å². The Morgan fingerprint density at radius 1 is 1.25 bits per heavy atom. The van der Waals surface area contributed by atoms with Gasteiger partial charge in [0.1, 0.15) is 0 Å². The molecule has 0 aromatic rings. The molecule has 0 spiro atoms. The number of nitrogens with zero attached hydrogens (tertiary/aromatic N) is 1. The molecule has 116 valence electrons. The van der Waals surface area contributed by atoms with Crippen LogP contribution >= 0.6 is 0 Å². The fourth-order valence-corrected chi connectivity index (χ4v) is 3.05. The maximum absolute atomic E-state index is 12.8. The summed E-state index contributed by atoms with van der Waals surface area (Å²) in [5.74, 6) is 0.685.